The molecule has 0 heterocycles. The van der Waals surface area contributed by atoms with E-state index in [9.17, 15) is 0 Å². The van der Waals surface area contributed by atoms with E-state index in [1.54, 1.807) is 0 Å². The molecule has 1 aromatic carbocycles. The minimum absolute atomic E-state index is 0.169. The summed E-state index contributed by atoms with van der Waals surface area (Å²) in [6.45, 7) is 0. The summed E-state index contributed by atoms with van der Waals surface area (Å²) in [4.78, 5) is 0. The van der Waals surface area contributed by atoms with E-state index in [2.05, 4.69) is 36.1 Å². The fraction of sp³-hybridized carbons (Fsp3) is 0.500. The average molecular weight is 207 g/mol. The molecule has 1 aliphatic rings. The van der Waals surface area contributed by atoms with Crippen LogP contribution in [0.3, 0.4) is 0 Å². The summed E-state index contributed by atoms with van der Waals surface area (Å²) in [5, 5.41) is 3.32. The number of thiol groups is 1. The van der Waals surface area contributed by atoms with E-state index in [4.69, 9.17) is 0 Å². The van der Waals surface area contributed by atoms with Crippen LogP contribution >= 0.6 is 12.6 Å². The molecule has 1 nitrogen and oxygen atoms in total. The lowest BCUT2D eigenvalue weighted by molar-refractivity contribution is 0.682. The quantitative estimate of drug-likeness (QED) is 0.561. The number of hydrogen-bond acceptors (Lipinski definition) is 2. The van der Waals surface area contributed by atoms with Gasteiger partial charge in [0.25, 0.3) is 0 Å². The lowest BCUT2D eigenvalue weighted by Crippen LogP contribution is -2.11. The van der Waals surface area contributed by atoms with Gasteiger partial charge in [-0.2, -0.15) is 12.6 Å². The molecule has 0 spiro atoms. The van der Waals surface area contributed by atoms with E-state index in [-0.39, 0.29) is 5.37 Å². The van der Waals surface area contributed by atoms with Crippen molar-refractivity contribution in [2.75, 3.05) is 7.05 Å². The van der Waals surface area contributed by atoms with Crippen LogP contribution in [0.2, 0.25) is 0 Å². The van der Waals surface area contributed by atoms with Gasteiger partial charge in [0.05, 0.1) is 5.37 Å². The second kappa shape index (κ2) is 4.37. The molecule has 0 saturated heterocycles. The molecule has 76 valence electrons. The van der Waals surface area contributed by atoms with Gasteiger partial charge in [-0.1, -0.05) is 18.2 Å². The van der Waals surface area contributed by atoms with Crippen molar-refractivity contribution >= 4 is 12.6 Å². The van der Waals surface area contributed by atoms with Crippen LogP contribution in [0.15, 0.2) is 18.2 Å². The van der Waals surface area contributed by atoms with Gasteiger partial charge in [-0.15, -0.1) is 0 Å². The van der Waals surface area contributed by atoms with Crippen molar-refractivity contribution in [3.63, 3.8) is 0 Å². The normalized spacial score (nSPS) is 17.6. The first kappa shape index (κ1) is 10.1. The van der Waals surface area contributed by atoms with Gasteiger partial charge < -0.3 is 5.32 Å². The van der Waals surface area contributed by atoms with E-state index >= 15 is 0 Å². The summed E-state index contributed by atoms with van der Waals surface area (Å²) >= 11 is 4.48. The molecule has 1 atom stereocenters. The molecule has 0 bridgehead atoms. The molecule has 0 fully saturated rings. The molecule has 1 aliphatic carbocycles. The van der Waals surface area contributed by atoms with Gasteiger partial charge in [0.2, 0.25) is 0 Å². The minimum Gasteiger partial charge on any atom is -0.305 e. The van der Waals surface area contributed by atoms with Gasteiger partial charge in [0, 0.05) is 0 Å². The molecular weight excluding hydrogens is 190 g/mol. The Morgan fingerprint density at radius 3 is 2.64 bits per heavy atom. The Bertz CT molecular complexity index is 322. The van der Waals surface area contributed by atoms with Crippen molar-refractivity contribution in [3.8, 4) is 0 Å². The number of hydrogen-bond donors (Lipinski definition) is 2. The number of fused-ring (bicyclic) bond motifs is 1. The highest BCUT2D eigenvalue weighted by atomic mass is 32.1. The highest BCUT2D eigenvalue weighted by Crippen LogP contribution is 2.25. The SMILES string of the molecule is CNC(S)c1ccc2c(c1)CCCC2. The largest absolute Gasteiger partial charge is 0.305 e. The summed E-state index contributed by atoms with van der Waals surface area (Å²) in [6, 6.07) is 6.77. The van der Waals surface area contributed by atoms with E-state index in [1.165, 1.54) is 42.4 Å². The lowest BCUT2D eigenvalue weighted by atomic mass is 9.90. The molecule has 0 saturated carbocycles. The number of nitrogens with one attached hydrogen (secondary N) is 1. The molecule has 1 aromatic rings. The first-order chi connectivity index (χ1) is 6.81. The Balaban J connectivity index is 2.29. The van der Waals surface area contributed by atoms with Crippen molar-refractivity contribution in [3.05, 3.63) is 34.9 Å². The highest BCUT2D eigenvalue weighted by Gasteiger charge is 2.11. The van der Waals surface area contributed by atoms with Crippen LogP contribution in [0.1, 0.15) is 34.9 Å². The fourth-order valence-corrected chi connectivity index (χ4v) is 2.25. The maximum absolute atomic E-state index is 4.48. The Kier molecular flexibility index (Phi) is 3.14. The topological polar surface area (TPSA) is 12.0 Å². The van der Waals surface area contributed by atoms with Crippen LogP contribution in [0.4, 0.5) is 0 Å². The van der Waals surface area contributed by atoms with E-state index in [1.807, 2.05) is 7.05 Å². The van der Waals surface area contributed by atoms with Gasteiger partial charge in [-0.05, 0) is 49.4 Å². The van der Waals surface area contributed by atoms with E-state index in [0.717, 1.165) is 0 Å². The summed E-state index contributed by atoms with van der Waals surface area (Å²) in [5.74, 6) is 0. The Morgan fingerprint density at radius 1 is 1.21 bits per heavy atom. The van der Waals surface area contributed by atoms with E-state index in [0.29, 0.717) is 0 Å². The minimum atomic E-state index is 0.169. The Morgan fingerprint density at radius 2 is 1.93 bits per heavy atom. The second-order valence-electron chi connectivity index (χ2n) is 3.93. The Labute approximate surface area is 91.3 Å². The molecule has 0 aromatic heterocycles. The zero-order valence-electron chi connectivity index (χ0n) is 8.59. The fourth-order valence-electron chi connectivity index (χ4n) is 2.09. The zero-order valence-corrected chi connectivity index (χ0v) is 9.48. The van der Waals surface area contributed by atoms with E-state index < -0.39 is 0 Å². The molecule has 0 amide bonds. The predicted octanol–water partition coefficient (Wildman–Crippen LogP) is 2.71. The van der Waals surface area contributed by atoms with Gasteiger partial charge in [-0.3, -0.25) is 0 Å². The first-order valence-corrected chi connectivity index (χ1v) is 5.80. The molecule has 0 aliphatic heterocycles. The number of benzene rings is 1. The van der Waals surface area contributed by atoms with Crippen LogP contribution in [0.5, 0.6) is 0 Å². The van der Waals surface area contributed by atoms with Gasteiger partial charge in [0.15, 0.2) is 0 Å². The third-order valence-corrected chi connectivity index (χ3v) is 3.52. The van der Waals surface area contributed by atoms with Gasteiger partial charge in [0.1, 0.15) is 0 Å². The van der Waals surface area contributed by atoms with Crippen LogP contribution in [-0.4, -0.2) is 7.05 Å². The summed E-state index contributed by atoms with van der Waals surface area (Å²) in [5.41, 5.74) is 4.36. The third kappa shape index (κ3) is 1.96. The molecule has 0 radical (unpaired) electrons. The average Bonchev–Trinajstić information content (AvgIpc) is 2.27. The predicted molar refractivity (Wildman–Crippen MR) is 63.9 cm³/mol. The van der Waals surface area contributed by atoms with Crippen molar-refractivity contribution < 1.29 is 0 Å². The molecule has 1 unspecified atom stereocenters. The highest BCUT2D eigenvalue weighted by molar-refractivity contribution is 7.80. The Hall–Kier alpha value is -0.470. The summed E-state index contributed by atoms with van der Waals surface area (Å²) in [7, 11) is 1.94. The third-order valence-electron chi connectivity index (χ3n) is 2.96. The summed E-state index contributed by atoms with van der Waals surface area (Å²) in [6.07, 6.45) is 5.19. The van der Waals surface area contributed by atoms with Gasteiger partial charge >= 0.3 is 0 Å². The summed E-state index contributed by atoms with van der Waals surface area (Å²) < 4.78 is 0. The van der Waals surface area contributed by atoms with Crippen molar-refractivity contribution in [1.29, 1.82) is 0 Å². The van der Waals surface area contributed by atoms with Crippen LogP contribution in [0.25, 0.3) is 0 Å². The number of rotatable bonds is 2. The maximum atomic E-state index is 4.48. The van der Waals surface area contributed by atoms with Crippen LogP contribution in [0, 0.1) is 0 Å². The first-order valence-electron chi connectivity index (χ1n) is 5.28. The number of aryl methyl sites for hydroxylation is 2. The molecule has 2 rings (SSSR count). The van der Waals surface area contributed by atoms with Crippen molar-refractivity contribution in [1.82, 2.24) is 5.32 Å². The van der Waals surface area contributed by atoms with Crippen LogP contribution in [-0.2, 0) is 12.8 Å². The monoisotopic (exact) mass is 207 g/mol. The molecule has 1 N–H and O–H groups in total. The molecular formula is C12H17NS. The maximum Gasteiger partial charge on any atom is 0.0757 e. The lowest BCUT2D eigenvalue weighted by Gasteiger charge is -2.18. The van der Waals surface area contributed by atoms with Crippen molar-refractivity contribution in [2.24, 2.45) is 0 Å². The molecule has 2 heteroatoms. The van der Waals surface area contributed by atoms with Gasteiger partial charge in [-0.25, -0.2) is 0 Å². The van der Waals surface area contributed by atoms with Crippen LogP contribution < -0.4 is 5.32 Å². The molecule has 14 heavy (non-hydrogen) atoms. The standard InChI is InChI=1S/C12H17NS/c1-13-12(14)11-7-6-9-4-2-3-5-10(9)8-11/h6-8,12-14H,2-5H2,1H3. The smallest absolute Gasteiger partial charge is 0.0757 e. The second-order valence-corrected chi connectivity index (χ2v) is 4.44. The van der Waals surface area contributed by atoms with Crippen molar-refractivity contribution in [2.45, 2.75) is 31.1 Å². The zero-order chi connectivity index (χ0) is 9.97.